The third-order valence-electron chi connectivity index (χ3n) is 2.52. The smallest absolute Gasteiger partial charge is 0.325 e. The van der Waals surface area contributed by atoms with Crippen LogP contribution in [0.15, 0.2) is 18.2 Å². The van der Waals surface area contributed by atoms with Crippen LogP contribution in [0, 0.1) is 11.3 Å². The average Bonchev–Trinajstić information content (AvgIpc) is 2.45. The molecule has 7 heteroatoms. The molecule has 0 radical (unpaired) electrons. The summed E-state index contributed by atoms with van der Waals surface area (Å²) in [4.78, 5) is 24.2. The SMILES string of the molecule is COC(=O)CN(CC(=O)OC)c1ccc(Cl)cc1C#N. The third kappa shape index (κ3) is 4.14. The summed E-state index contributed by atoms with van der Waals surface area (Å²) < 4.78 is 9.15. The Labute approximate surface area is 121 Å². The molecule has 0 saturated heterocycles. The lowest BCUT2D eigenvalue weighted by atomic mass is 10.1. The zero-order valence-electron chi connectivity index (χ0n) is 11.1. The summed E-state index contributed by atoms with van der Waals surface area (Å²) in [6.07, 6.45) is 0. The molecule has 0 aromatic heterocycles. The lowest BCUT2D eigenvalue weighted by molar-refractivity contribution is -0.140. The van der Waals surface area contributed by atoms with E-state index >= 15 is 0 Å². The predicted molar refractivity (Wildman–Crippen MR) is 72.4 cm³/mol. The van der Waals surface area contributed by atoms with E-state index in [1.165, 1.54) is 25.2 Å². The highest BCUT2D eigenvalue weighted by Gasteiger charge is 2.19. The summed E-state index contributed by atoms with van der Waals surface area (Å²) in [6.45, 7) is -0.357. The Hall–Kier alpha value is -2.26. The minimum Gasteiger partial charge on any atom is -0.468 e. The summed E-state index contributed by atoms with van der Waals surface area (Å²) in [7, 11) is 2.48. The van der Waals surface area contributed by atoms with Crippen molar-refractivity contribution in [2.24, 2.45) is 0 Å². The van der Waals surface area contributed by atoms with Gasteiger partial charge in [-0.2, -0.15) is 5.26 Å². The van der Waals surface area contributed by atoms with Gasteiger partial charge in [-0.25, -0.2) is 0 Å². The normalized spacial score (nSPS) is 9.50. The van der Waals surface area contributed by atoms with Crippen molar-refractivity contribution < 1.29 is 19.1 Å². The van der Waals surface area contributed by atoms with Gasteiger partial charge in [0, 0.05) is 5.02 Å². The first-order valence-corrected chi connectivity index (χ1v) is 5.97. The number of nitrogens with zero attached hydrogens (tertiary/aromatic N) is 2. The first kappa shape index (κ1) is 15.8. The maximum absolute atomic E-state index is 11.4. The molecule has 0 N–H and O–H groups in total. The Balaban J connectivity index is 3.12. The molecule has 1 rings (SSSR count). The molecule has 6 nitrogen and oxygen atoms in total. The molecule has 0 atom stereocenters. The molecule has 1 aromatic carbocycles. The second kappa shape index (κ2) is 7.36. The van der Waals surface area contributed by atoms with E-state index in [1.807, 2.05) is 6.07 Å². The second-order valence-corrected chi connectivity index (χ2v) is 4.22. The van der Waals surface area contributed by atoms with Crippen LogP contribution in [0.2, 0.25) is 5.02 Å². The monoisotopic (exact) mass is 296 g/mol. The van der Waals surface area contributed by atoms with Gasteiger partial charge in [-0.1, -0.05) is 11.6 Å². The molecule has 0 fully saturated rings. The highest BCUT2D eigenvalue weighted by Crippen LogP contribution is 2.23. The summed E-state index contributed by atoms with van der Waals surface area (Å²) >= 11 is 5.81. The molecule has 106 valence electrons. The number of hydrogen-bond acceptors (Lipinski definition) is 6. The molecule has 0 bridgehead atoms. The Kier molecular flexibility index (Phi) is 5.81. The van der Waals surface area contributed by atoms with Gasteiger partial charge in [-0.15, -0.1) is 0 Å². The molecule has 0 heterocycles. The summed E-state index contributed by atoms with van der Waals surface area (Å²) in [5.74, 6) is -1.07. The lowest BCUT2D eigenvalue weighted by Crippen LogP contribution is -2.36. The van der Waals surface area contributed by atoms with Crippen LogP contribution in [0.1, 0.15) is 5.56 Å². The third-order valence-corrected chi connectivity index (χ3v) is 2.75. The lowest BCUT2D eigenvalue weighted by Gasteiger charge is -2.23. The first-order valence-electron chi connectivity index (χ1n) is 5.60. The van der Waals surface area contributed by atoms with Gasteiger partial charge in [-0.3, -0.25) is 9.59 Å². The molecule has 0 amide bonds. The Morgan fingerprint density at radius 1 is 1.25 bits per heavy atom. The van der Waals surface area contributed by atoms with Crippen molar-refractivity contribution in [1.82, 2.24) is 0 Å². The highest BCUT2D eigenvalue weighted by molar-refractivity contribution is 6.30. The van der Waals surface area contributed by atoms with Gasteiger partial charge in [0.05, 0.1) is 25.5 Å². The number of nitriles is 1. The van der Waals surface area contributed by atoms with E-state index in [0.29, 0.717) is 10.7 Å². The zero-order chi connectivity index (χ0) is 15.1. The zero-order valence-corrected chi connectivity index (χ0v) is 11.8. The van der Waals surface area contributed by atoms with Crippen LogP contribution >= 0.6 is 11.6 Å². The number of methoxy groups -OCH3 is 2. The standard InChI is InChI=1S/C13H13ClN2O4/c1-19-12(17)7-16(8-13(18)20-2)11-4-3-10(14)5-9(11)6-15/h3-5H,7-8H2,1-2H3. The van der Waals surface area contributed by atoms with E-state index in [0.717, 1.165) is 0 Å². The van der Waals surface area contributed by atoms with Gasteiger partial charge in [0.1, 0.15) is 19.2 Å². The predicted octanol–water partition coefficient (Wildman–Crippen LogP) is 1.36. The van der Waals surface area contributed by atoms with Crippen molar-refractivity contribution in [1.29, 1.82) is 5.26 Å². The molecule has 1 aromatic rings. The molecule has 0 aliphatic rings. The quantitative estimate of drug-likeness (QED) is 0.763. The Morgan fingerprint density at radius 2 is 1.80 bits per heavy atom. The first-order chi connectivity index (χ1) is 9.51. The van der Waals surface area contributed by atoms with Crippen molar-refractivity contribution in [3.05, 3.63) is 28.8 Å². The highest BCUT2D eigenvalue weighted by atomic mass is 35.5. The van der Waals surface area contributed by atoms with Crippen molar-refractivity contribution in [2.75, 3.05) is 32.2 Å². The summed E-state index contributed by atoms with van der Waals surface area (Å²) in [5, 5.41) is 9.50. The minimum absolute atomic E-state index is 0.179. The number of esters is 2. The largest absolute Gasteiger partial charge is 0.468 e. The average molecular weight is 297 g/mol. The van der Waals surface area contributed by atoms with Crippen molar-refractivity contribution in [3.63, 3.8) is 0 Å². The van der Waals surface area contributed by atoms with Gasteiger partial charge >= 0.3 is 11.9 Å². The molecular formula is C13H13ClN2O4. The van der Waals surface area contributed by atoms with Crippen LogP contribution < -0.4 is 4.90 Å². The number of anilines is 1. The van der Waals surface area contributed by atoms with Crippen LogP contribution in [0.4, 0.5) is 5.69 Å². The van der Waals surface area contributed by atoms with Gasteiger partial charge in [-0.05, 0) is 18.2 Å². The van der Waals surface area contributed by atoms with Crippen LogP contribution in [0.25, 0.3) is 0 Å². The van der Waals surface area contributed by atoms with Crippen LogP contribution in [0.5, 0.6) is 0 Å². The number of carbonyl (C=O) groups excluding carboxylic acids is 2. The topological polar surface area (TPSA) is 79.6 Å². The fourth-order valence-electron chi connectivity index (χ4n) is 1.54. The van der Waals surface area contributed by atoms with E-state index in [9.17, 15) is 9.59 Å². The molecule has 0 spiro atoms. The second-order valence-electron chi connectivity index (χ2n) is 3.78. The van der Waals surface area contributed by atoms with E-state index in [-0.39, 0.29) is 18.7 Å². The summed E-state index contributed by atoms with van der Waals surface area (Å²) in [6, 6.07) is 6.56. The fraction of sp³-hybridized carbons (Fsp3) is 0.308. The van der Waals surface area contributed by atoms with Gasteiger partial charge in [0.15, 0.2) is 0 Å². The number of benzene rings is 1. The van der Waals surface area contributed by atoms with Gasteiger partial charge in [0.25, 0.3) is 0 Å². The molecule has 0 saturated carbocycles. The number of rotatable bonds is 5. The Morgan fingerprint density at radius 3 is 2.25 bits per heavy atom. The van der Waals surface area contributed by atoms with E-state index in [4.69, 9.17) is 16.9 Å². The molecule has 0 aliphatic carbocycles. The number of ether oxygens (including phenoxy) is 2. The maximum Gasteiger partial charge on any atom is 0.325 e. The number of carbonyl (C=O) groups is 2. The molecule has 0 aliphatic heterocycles. The van der Waals surface area contributed by atoms with Crippen molar-refractivity contribution >= 4 is 29.2 Å². The Bertz CT molecular complexity index is 536. The van der Waals surface area contributed by atoms with Crippen LogP contribution in [-0.4, -0.2) is 39.2 Å². The fourth-order valence-corrected chi connectivity index (χ4v) is 1.71. The van der Waals surface area contributed by atoms with Crippen molar-refractivity contribution in [3.8, 4) is 6.07 Å². The van der Waals surface area contributed by atoms with E-state index in [1.54, 1.807) is 12.1 Å². The molecular weight excluding hydrogens is 284 g/mol. The minimum atomic E-state index is -0.534. The van der Waals surface area contributed by atoms with E-state index in [2.05, 4.69) is 9.47 Å². The molecule has 20 heavy (non-hydrogen) atoms. The number of hydrogen-bond donors (Lipinski definition) is 0. The van der Waals surface area contributed by atoms with E-state index < -0.39 is 11.9 Å². The number of halogens is 1. The van der Waals surface area contributed by atoms with Gasteiger partial charge < -0.3 is 14.4 Å². The van der Waals surface area contributed by atoms with Crippen LogP contribution in [-0.2, 0) is 19.1 Å². The van der Waals surface area contributed by atoms with Gasteiger partial charge in [0.2, 0.25) is 0 Å². The van der Waals surface area contributed by atoms with Crippen molar-refractivity contribution in [2.45, 2.75) is 0 Å². The maximum atomic E-state index is 11.4. The molecule has 0 unspecified atom stereocenters. The van der Waals surface area contributed by atoms with Crippen LogP contribution in [0.3, 0.4) is 0 Å². The summed E-state index contributed by atoms with van der Waals surface area (Å²) in [5.41, 5.74) is 0.665.